The van der Waals surface area contributed by atoms with Gasteiger partial charge in [0, 0.05) is 6.20 Å². The van der Waals surface area contributed by atoms with Gasteiger partial charge >= 0.3 is 0 Å². The molecule has 66 valence electrons. The molecule has 0 fully saturated rings. The van der Waals surface area contributed by atoms with Crippen LogP contribution in [0.25, 0.3) is 10.9 Å². The number of rotatable bonds is 1. The standard InChI is InChI=1S/C9H7ClN2O/c1-13-9-6-3-2-4-11-8(6)7(10)5-12-9/h2-5H,1H3. The molecule has 2 aromatic rings. The Hall–Kier alpha value is -1.35. The molecule has 2 heterocycles. The van der Waals surface area contributed by atoms with Crippen molar-refractivity contribution < 1.29 is 4.74 Å². The Labute approximate surface area is 80.3 Å². The van der Waals surface area contributed by atoms with Gasteiger partial charge in [0.05, 0.1) is 29.2 Å². The molecule has 4 heteroatoms. The van der Waals surface area contributed by atoms with E-state index in [2.05, 4.69) is 9.97 Å². The molecule has 3 nitrogen and oxygen atoms in total. The van der Waals surface area contributed by atoms with Gasteiger partial charge in [-0.3, -0.25) is 4.98 Å². The molecule has 0 saturated carbocycles. The quantitative estimate of drug-likeness (QED) is 0.699. The Morgan fingerprint density at radius 1 is 1.38 bits per heavy atom. The topological polar surface area (TPSA) is 35.0 Å². The van der Waals surface area contributed by atoms with Crippen LogP contribution in [0, 0.1) is 0 Å². The van der Waals surface area contributed by atoms with E-state index in [1.54, 1.807) is 13.3 Å². The van der Waals surface area contributed by atoms with Crippen molar-refractivity contribution in [1.29, 1.82) is 0 Å². The SMILES string of the molecule is COc1ncc(Cl)c2ncccc12. The van der Waals surface area contributed by atoms with E-state index in [0.717, 1.165) is 10.9 Å². The highest BCUT2D eigenvalue weighted by atomic mass is 35.5. The van der Waals surface area contributed by atoms with Crippen molar-refractivity contribution >= 4 is 22.5 Å². The summed E-state index contributed by atoms with van der Waals surface area (Å²) in [7, 11) is 1.57. The largest absolute Gasteiger partial charge is 0.481 e. The van der Waals surface area contributed by atoms with Crippen molar-refractivity contribution in [3.8, 4) is 5.88 Å². The molecule has 0 amide bonds. The van der Waals surface area contributed by atoms with Crippen LogP contribution in [-0.4, -0.2) is 17.1 Å². The van der Waals surface area contributed by atoms with Crippen LogP contribution in [0.15, 0.2) is 24.5 Å². The second-order valence-corrected chi connectivity index (χ2v) is 2.92. The highest BCUT2D eigenvalue weighted by molar-refractivity contribution is 6.35. The Balaban J connectivity index is 2.84. The Morgan fingerprint density at radius 2 is 2.23 bits per heavy atom. The van der Waals surface area contributed by atoms with Gasteiger partial charge in [-0.25, -0.2) is 4.98 Å². The normalized spacial score (nSPS) is 10.3. The molecule has 0 aliphatic heterocycles. The molecule has 0 radical (unpaired) electrons. The Bertz CT molecular complexity index is 445. The minimum atomic E-state index is 0.538. The highest BCUT2D eigenvalue weighted by Gasteiger charge is 2.05. The number of aromatic nitrogens is 2. The molecule has 0 aliphatic carbocycles. The third-order valence-electron chi connectivity index (χ3n) is 1.75. The van der Waals surface area contributed by atoms with E-state index < -0.39 is 0 Å². The molecule has 2 rings (SSSR count). The lowest BCUT2D eigenvalue weighted by molar-refractivity contribution is 0.403. The zero-order chi connectivity index (χ0) is 9.26. The van der Waals surface area contributed by atoms with Gasteiger partial charge in [0.1, 0.15) is 0 Å². The summed E-state index contributed by atoms with van der Waals surface area (Å²) in [5.74, 6) is 0.549. The molecule has 2 aromatic heterocycles. The van der Waals surface area contributed by atoms with Crippen LogP contribution in [-0.2, 0) is 0 Å². The van der Waals surface area contributed by atoms with E-state index in [0.29, 0.717) is 10.9 Å². The average molecular weight is 195 g/mol. The van der Waals surface area contributed by atoms with Crippen molar-refractivity contribution in [2.45, 2.75) is 0 Å². The first-order valence-electron chi connectivity index (χ1n) is 3.76. The molecule has 0 aliphatic rings. The van der Waals surface area contributed by atoms with E-state index in [9.17, 15) is 0 Å². The predicted molar refractivity (Wildman–Crippen MR) is 51.1 cm³/mol. The summed E-state index contributed by atoms with van der Waals surface area (Å²) in [6.07, 6.45) is 3.23. The molecule has 0 N–H and O–H groups in total. The second-order valence-electron chi connectivity index (χ2n) is 2.51. The summed E-state index contributed by atoms with van der Waals surface area (Å²) in [6, 6.07) is 3.70. The molecule has 0 saturated heterocycles. The van der Waals surface area contributed by atoms with E-state index in [4.69, 9.17) is 16.3 Å². The predicted octanol–water partition coefficient (Wildman–Crippen LogP) is 2.29. The summed E-state index contributed by atoms with van der Waals surface area (Å²) in [5.41, 5.74) is 0.719. The smallest absolute Gasteiger partial charge is 0.222 e. The van der Waals surface area contributed by atoms with Crippen LogP contribution in [0.5, 0.6) is 5.88 Å². The lowest BCUT2D eigenvalue weighted by Crippen LogP contribution is -1.90. The number of fused-ring (bicyclic) bond motifs is 1. The lowest BCUT2D eigenvalue weighted by Gasteiger charge is -2.03. The molecular formula is C9H7ClN2O. The molecular weight excluding hydrogens is 188 g/mol. The van der Waals surface area contributed by atoms with Gasteiger partial charge in [-0.05, 0) is 12.1 Å². The van der Waals surface area contributed by atoms with Gasteiger partial charge in [0.25, 0.3) is 0 Å². The van der Waals surface area contributed by atoms with Crippen molar-refractivity contribution in [3.63, 3.8) is 0 Å². The molecule has 0 spiro atoms. The second kappa shape index (κ2) is 3.18. The number of hydrogen-bond acceptors (Lipinski definition) is 3. The molecule has 13 heavy (non-hydrogen) atoms. The van der Waals surface area contributed by atoms with Crippen molar-refractivity contribution in [2.24, 2.45) is 0 Å². The van der Waals surface area contributed by atoms with Crippen LogP contribution in [0.3, 0.4) is 0 Å². The number of ether oxygens (including phenoxy) is 1. The fourth-order valence-corrected chi connectivity index (χ4v) is 1.38. The summed E-state index contributed by atoms with van der Waals surface area (Å²) >= 11 is 5.91. The van der Waals surface area contributed by atoms with E-state index >= 15 is 0 Å². The van der Waals surface area contributed by atoms with Crippen LogP contribution < -0.4 is 4.74 Å². The zero-order valence-corrected chi connectivity index (χ0v) is 7.75. The van der Waals surface area contributed by atoms with Crippen molar-refractivity contribution in [1.82, 2.24) is 9.97 Å². The average Bonchev–Trinajstić information content (AvgIpc) is 2.19. The van der Waals surface area contributed by atoms with Crippen LogP contribution in [0.1, 0.15) is 0 Å². The lowest BCUT2D eigenvalue weighted by atomic mass is 10.2. The van der Waals surface area contributed by atoms with Gasteiger partial charge in [0.2, 0.25) is 5.88 Å². The summed E-state index contributed by atoms with van der Waals surface area (Å²) in [5, 5.41) is 1.37. The zero-order valence-electron chi connectivity index (χ0n) is 6.99. The van der Waals surface area contributed by atoms with E-state index in [1.165, 1.54) is 6.20 Å². The first-order chi connectivity index (χ1) is 6.33. The molecule has 0 unspecified atom stereocenters. The first kappa shape index (κ1) is 8.26. The molecule has 0 bridgehead atoms. The minimum absolute atomic E-state index is 0.538. The maximum atomic E-state index is 5.91. The van der Waals surface area contributed by atoms with E-state index in [-0.39, 0.29) is 0 Å². The number of halogens is 1. The van der Waals surface area contributed by atoms with Gasteiger partial charge < -0.3 is 4.74 Å². The fourth-order valence-electron chi connectivity index (χ4n) is 1.18. The number of methoxy groups -OCH3 is 1. The van der Waals surface area contributed by atoms with Crippen LogP contribution in [0.4, 0.5) is 0 Å². The highest BCUT2D eigenvalue weighted by Crippen LogP contribution is 2.26. The third-order valence-corrected chi connectivity index (χ3v) is 2.03. The first-order valence-corrected chi connectivity index (χ1v) is 4.14. The maximum absolute atomic E-state index is 5.91. The van der Waals surface area contributed by atoms with Gasteiger partial charge in [-0.2, -0.15) is 0 Å². The van der Waals surface area contributed by atoms with Gasteiger partial charge in [-0.15, -0.1) is 0 Å². The van der Waals surface area contributed by atoms with Crippen molar-refractivity contribution in [3.05, 3.63) is 29.5 Å². The number of hydrogen-bond donors (Lipinski definition) is 0. The van der Waals surface area contributed by atoms with Crippen LogP contribution >= 0.6 is 11.6 Å². The molecule has 0 aromatic carbocycles. The van der Waals surface area contributed by atoms with Crippen LogP contribution in [0.2, 0.25) is 5.02 Å². The number of nitrogens with zero attached hydrogens (tertiary/aromatic N) is 2. The summed E-state index contributed by atoms with van der Waals surface area (Å²) in [4.78, 5) is 8.17. The molecule has 0 atom stereocenters. The third kappa shape index (κ3) is 1.31. The maximum Gasteiger partial charge on any atom is 0.222 e. The van der Waals surface area contributed by atoms with Crippen molar-refractivity contribution in [2.75, 3.05) is 7.11 Å². The van der Waals surface area contributed by atoms with Gasteiger partial charge in [0.15, 0.2) is 0 Å². The fraction of sp³-hybridized carbons (Fsp3) is 0.111. The summed E-state index contributed by atoms with van der Waals surface area (Å²) in [6.45, 7) is 0. The van der Waals surface area contributed by atoms with E-state index in [1.807, 2.05) is 12.1 Å². The Kier molecular flexibility index (Phi) is 2.02. The summed E-state index contributed by atoms with van der Waals surface area (Å²) < 4.78 is 5.07. The Morgan fingerprint density at radius 3 is 3.00 bits per heavy atom. The van der Waals surface area contributed by atoms with Gasteiger partial charge in [-0.1, -0.05) is 11.6 Å². The number of pyridine rings is 2. The monoisotopic (exact) mass is 194 g/mol. The minimum Gasteiger partial charge on any atom is -0.481 e.